The lowest BCUT2D eigenvalue weighted by Gasteiger charge is -2.18. The second-order valence-electron chi connectivity index (χ2n) is 4.74. The third-order valence-corrected chi connectivity index (χ3v) is 3.52. The zero-order valence-corrected chi connectivity index (χ0v) is 11.0. The van der Waals surface area contributed by atoms with Gasteiger partial charge in [0.25, 0.3) is 0 Å². The molecule has 0 aliphatic carbocycles. The molecule has 2 heterocycles. The van der Waals surface area contributed by atoms with E-state index in [-0.39, 0.29) is 11.9 Å². The number of aromatic nitrogens is 2. The van der Waals surface area contributed by atoms with Gasteiger partial charge in [-0.05, 0) is 26.7 Å². The number of hydrogen-bond donors (Lipinski definition) is 0. The number of carbonyl (C=O) groups excluding carboxylic acids is 1. The second kappa shape index (κ2) is 5.08. The monoisotopic (exact) mass is 255 g/mol. The van der Waals surface area contributed by atoms with Gasteiger partial charge in [-0.25, -0.2) is 0 Å². The van der Waals surface area contributed by atoms with E-state index in [1.807, 2.05) is 29.6 Å². The molecule has 1 aliphatic rings. The van der Waals surface area contributed by atoms with Crippen molar-refractivity contribution in [3.05, 3.63) is 18.0 Å². The van der Waals surface area contributed by atoms with Gasteiger partial charge >= 0.3 is 0 Å². The molecule has 0 bridgehead atoms. The molecule has 94 valence electrons. The molecule has 17 heavy (non-hydrogen) atoms. The lowest BCUT2D eigenvalue weighted by molar-refractivity contribution is -0.129. The topological polar surface area (TPSA) is 38.1 Å². The number of rotatable bonds is 3. The fraction of sp³-hybridized carbons (Fsp3) is 0.667. The van der Waals surface area contributed by atoms with Crippen LogP contribution in [-0.2, 0) is 4.79 Å². The Labute approximate surface area is 107 Å². The summed E-state index contributed by atoms with van der Waals surface area (Å²) < 4.78 is 1.82. The molecule has 0 N–H and O–H groups in total. The number of alkyl halides is 1. The lowest BCUT2D eigenvalue weighted by atomic mass is 10.2. The smallest absolute Gasteiger partial charge is 0.245 e. The van der Waals surface area contributed by atoms with Crippen LogP contribution in [0.15, 0.2) is 12.4 Å². The number of likely N-dealkylation sites (tertiary alicyclic amines) is 1. The molecule has 2 rings (SSSR count). The van der Waals surface area contributed by atoms with E-state index in [0.29, 0.717) is 0 Å². The predicted octanol–water partition coefficient (Wildman–Crippen LogP) is 2.37. The molecule has 1 unspecified atom stereocenters. The van der Waals surface area contributed by atoms with Crippen LogP contribution in [0.2, 0.25) is 0 Å². The second-order valence-corrected chi connectivity index (χ2v) is 5.18. The Balaban J connectivity index is 2.07. The Morgan fingerprint density at radius 3 is 2.59 bits per heavy atom. The molecule has 0 radical (unpaired) electrons. The van der Waals surface area contributed by atoms with E-state index in [0.717, 1.165) is 31.5 Å². The lowest BCUT2D eigenvalue weighted by Crippen LogP contribution is -2.30. The van der Waals surface area contributed by atoms with Gasteiger partial charge in [0.2, 0.25) is 5.91 Å². The average Bonchev–Trinajstić information content (AvgIpc) is 2.97. The number of halogens is 1. The minimum Gasteiger partial charge on any atom is -0.341 e. The van der Waals surface area contributed by atoms with Crippen molar-refractivity contribution >= 4 is 17.5 Å². The summed E-state index contributed by atoms with van der Waals surface area (Å²) in [5.41, 5.74) is 0.789. The summed E-state index contributed by atoms with van der Waals surface area (Å²) in [5, 5.41) is 3.61. The van der Waals surface area contributed by atoms with Crippen LogP contribution in [0, 0.1) is 0 Å². The third-order valence-electron chi connectivity index (χ3n) is 3.08. The van der Waals surface area contributed by atoms with Gasteiger partial charge in [-0.15, -0.1) is 11.6 Å². The summed E-state index contributed by atoms with van der Waals surface area (Å²) in [4.78, 5) is 13.9. The van der Waals surface area contributed by atoms with E-state index in [9.17, 15) is 4.79 Å². The molecule has 0 aromatic carbocycles. The van der Waals surface area contributed by atoms with Gasteiger partial charge in [0.05, 0.1) is 6.20 Å². The standard InChI is InChI=1S/C12H18ClN3O/c1-9(2)16-8-10(7-14-16)11(13)12(17)15-5-3-4-6-15/h7-9,11H,3-6H2,1-2H3. The largest absolute Gasteiger partial charge is 0.341 e. The Bertz CT molecular complexity index is 396. The first kappa shape index (κ1) is 12.4. The molecule has 1 aromatic heterocycles. The fourth-order valence-corrected chi connectivity index (χ4v) is 2.26. The molecule has 1 aliphatic heterocycles. The van der Waals surface area contributed by atoms with Gasteiger partial charge in [0.1, 0.15) is 5.38 Å². The van der Waals surface area contributed by atoms with Gasteiger partial charge in [0.15, 0.2) is 0 Å². The van der Waals surface area contributed by atoms with Crippen molar-refractivity contribution in [3.63, 3.8) is 0 Å². The first-order valence-electron chi connectivity index (χ1n) is 6.06. The number of amides is 1. The van der Waals surface area contributed by atoms with Crippen LogP contribution < -0.4 is 0 Å². The summed E-state index contributed by atoms with van der Waals surface area (Å²) in [7, 11) is 0. The van der Waals surface area contributed by atoms with E-state index in [1.165, 1.54) is 0 Å². The molecular weight excluding hydrogens is 238 g/mol. The number of carbonyl (C=O) groups is 1. The third kappa shape index (κ3) is 2.63. The Morgan fingerprint density at radius 1 is 1.41 bits per heavy atom. The van der Waals surface area contributed by atoms with Gasteiger partial charge in [-0.3, -0.25) is 9.48 Å². The SMILES string of the molecule is CC(C)n1cc(C(Cl)C(=O)N2CCCC2)cn1. The summed E-state index contributed by atoms with van der Waals surface area (Å²) in [6.07, 6.45) is 5.71. The van der Waals surface area contributed by atoms with Gasteiger partial charge < -0.3 is 4.90 Å². The van der Waals surface area contributed by atoms with Gasteiger partial charge in [-0.2, -0.15) is 5.10 Å². The molecule has 0 spiro atoms. The molecule has 1 aromatic rings. The maximum absolute atomic E-state index is 12.1. The molecule has 1 atom stereocenters. The van der Waals surface area contributed by atoms with Gasteiger partial charge in [-0.1, -0.05) is 0 Å². The highest BCUT2D eigenvalue weighted by Gasteiger charge is 2.27. The van der Waals surface area contributed by atoms with Crippen molar-refractivity contribution in [1.82, 2.24) is 14.7 Å². The minimum absolute atomic E-state index is 0.00692. The minimum atomic E-state index is -0.597. The van der Waals surface area contributed by atoms with Crippen LogP contribution in [-0.4, -0.2) is 33.7 Å². The normalized spacial score (nSPS) is 17.8. The maximum atomic E-state index is 12.1. The molecule has 1 fully saturated rings. The van der Waals surface area contributed by atoms with Crippen LogP contribution in [0.1, 0.15) is 43.7 Å². The maximum Gasteiger partial charge on any atom is 0.245 e. The van der Waals surface area contributed by atoms with E-state index < -0.39 is 5.38 Å². The highest BCUT2D eigenvalue weighted by molar-refractivity contribution is 6.30. The van der Waals surface area contributed by atoms with Gasteiger partial charge in [0, 0.05) is 30.9 Å². The summed E-state index contributed by atoms with van der Waals surface area (Å²) in [6, 6.07) is 0.287. The quantitative estimate of drug-likeness (QED) is 0.778. The fourth-order valence-electron chi connectivity index (χ4n) is 2.01. The van der Waals surface area contributed by atoms with E-state index in [1.54, 1.807) is 6.20 Å². The predicted molar refractivity (Wildman–Crippen MR) is 67.0 cm³/mol. The first-order chi connectivity index (χ1) is 8.09. The first-order valence-corrected chi connectivity index (χ1v) is 6.50. The van der Waals surface area contributed by atoms with Crippen LogP contribution in [0.5, 0.6) is 0 Å². The van der Waals surface area contributed by atoms with Crippen molar-refractivity contribution in [2.75, 3.05) is 13.1 Å². The van der Waals surface area contributed by atoms with Crippen LogP contribution >= 0.6 is 11.6 Å². The van der Waals surface area contributed by atoms with Crippen molar-refractivity contribution in [3.8, 4) is 0 Å². The zero-order chi connectivity index (χ0) is 12.4. The molecule has 1 saturated heterocycles. The molecule has 1 amide bonds. The van der Waals surface area contributed by atoms with Crippen LogP contribution in [0.25, 0.3) is 0 Å². The van der Waals surface area contributed by atoms with Crippen molar-refractivity contribution < 1.29 is 4.79 Å². The highest BCUT2D eigenvalue weighted by Crippen LogP contribution is 2.25. The molecule has 5 heteroatoms. The van der Waals surface area contributed by atoms with Crippen LogP contribution in [0.3, 0.4) is 0 Å². The van der Waals surface area contributed by atoms with E-state index >= 15 is 0 Å². The zero-order valence-electron chi connectivity index (χ0n) is 10.3. The van der Waals surface area contributed by atoms with E-state index in [2.05, 4.69) is 5.10 Å². The summed E-state index contributed by atoms with van der Waals surface area (Å²) in [5.74, 6) is 0.00692. The highest BCUT2D eigenvalue weighted by atomic mass is 35.5. The number of hydrogen-bond acceptors (Lipinski definition) is 2. The summed E-state index contributed by atoms with van der Waals surface area (Å²) in [6.45, 7) is 5.76. The van der Waals surface area contributed by atoms with Crippen LogP contribution in [0.4, 0.5) is 0 Å². The van der Waals surface area contributed by atoms with Crippen molar-refractivity contribution in [1.29, 1.82) is 0 Å². The Morgan fingerprint density at radius 2 is 2.06 bits per heavy atom. The average molecular weight is 256 g/mol. The molecular formula is C12H18ClN3O. The Kier molecular flexibility index (Phi) is 3.72. The summed E-state index contributed by atoms with van der Waals surface area (Å²) >= 11 is 6.21. The van der Waals surface area contributed by atoms with Crippen molar-refractivity contribution in [2.24, 2.45) is 0 Å². The number of nitrogens with zero attached hydrogens (tertiary/aromatic N) is 3. The van der Waals surface area contributed by atoms with E-state index in [4.69, 9.17) is 11.6 Å². The molecule has 4 nitrogen and oxygen atoms in total. The Hall–Kier alpha value is -1.03. The molecule has 0 saturated carbocycles. The van der Waals surface area contributed by atoms with Crippen molar-refractivity contribution in [2.45, 2.75) is 38.1 Å².